The summed E-state index contributed by atoms with van der Waals surface area (Å²) in [6.45, 7) is 11.9. The van der Waals surface area contributed by atoms with E-state index in [1.54, 1.807) is 32.1 Å². The van der Waals surface area contributed by atoms with Crippen molar-refractivity contribution in [3.05, 3.63) is 71.6 Å². The van der Waals surface area contributed by atoms with Crippen molar-refractivity contribution in [2.75, 3.05) is 0 Å². The molecule has 0 spiro atoms. The number of carbonyl (C=O) groups is 2. The molecule has 0 atom stereocenters. The first-order valence-corrected chi connectivity index (χ1v) is 8.10. The lowest BCUT2D eigenvalue weighted by Crippen LogP contribution is -2.19. The average molecular weight is 369 g/mol. The van der Waals surface area contributed by atoms with Gasteiger partial charge < -0.3 is 9.84 Å². The Bertz CT molecular complexity index is 836. The van der Waals surface area contributed by atoms with Gasteiger partial charge in [-0.3, -0.25) is 9.78 Å². The van der Waals surface area contributed by atoms with Crippen LogP contribution >= 0.6 is 0 Å². The van der Waals surface area contributed by atoms with E-state index in [0.29, 0.717) is 16.8 Å². The van der Waals surface area contributed by atoms with Crippen LogP contribution in [0.4, 0.5) is 0 Å². The SMILES string of the molecule is C=C/C=C(\C=C/C)C(=O)N/N=C/c1c(COC(=O)C(=C)C)cnc(C)c1O. The number of hydrogen-bond donors (Lipinski definition) is 2. The summed E-state index contributed by atoms with van der Waals surface area (Å²) in [6, 6.07) is 0. The highest BCUT2D eigenvalue weighted by atomic mass is 16.5. The Hall–Kier alpha value is -3.48. The fraction of sp³-hybridized carbons (Fsp3) is 0.200. The zero-order valence-corrected chi connectivity index (χ0v) is 15.7. The van der Waals surface area contributed by atoms with Gasteiger partial charge in [0.15, 0.2) is 0 Å². The molecule has 0 aliphatic rings. The van der Waals surface area contributed by atoms with Crippen LogP contribution in [0.3, 0.4) is 0 Å². The molecule has 7 heteroatoms. The van der Waals surface area contributed by atoms with Gasteiger partial charge in [-0.1, -0.05) is 31.4 Å². The van der Waals surface area contributed by atoms with E-state index in [2.05, 4.69) is 28.7 Å². The molecule has 1 aromatic rings. The van der Waals surface area contributed by atoms with Crippen molar-refractivity contribution in [2.45, 2.75) is 27.4 Å². The number of aromatic hydroxyl groups is 1. The summed E-state index contributed by atoms with van der Waals surface area (Å²) in [4.78, 5) is 27.7. The molecule has 1 rings (SSSR count). The first-order valence-electron chi connectivity index (χ1n) is 8.10. The molecular weight excluding hydrogens is 346 g/mol. The second kappa shape index (κ2) is 10.5. The standard InChI is InChI=1S/C20H23N3O4/c1-6-8-15(9-7-2)19(25)23-22-11-17-16(10-21-14(5)18(17)24)12-27-20(26)13(3)4/h6-11,24H,1,3,12H2,2,4-5H3,(H,23,25)/b9-7-,15-8+,22-11+. The Morgan fingerprint density at radius 3 is 2.74 bits per heavy atom. The van der Waals surface area contributed by atoms with Crippen molar-refractivity contribution in [3.63, 3.8) is 0 Å². The number of carbonyl (C=O) groups excluding carboxylic acids is 2. The summed E-state index contributed by atoms with van der Waals surface area (Å²) in [5.41, 5.74) is 4.09. The number of nitrogens with zero attached hydrogens (tertiary/aromatic N) is 2. The number of allylic oxidation sites excluding steroid dienone is 3. The molecule has 1 heterocycles. The zero-order chi connectivity index (χ0) is 20.4. The van der Waals surface area contributed by atoms with E-state index in [1.165, 1.54) is 25.4 Å². The predicted octanol–water partition coefficient (Wildman–Crippen LogP) is 2.85. The Balaban J connectivity index is 3.02. The fourth-order valence-corrected chi connectivity index (χ4v) is 1.91. The Kier molecular flexibility index (Phi) is 8.38. The monoisotopic (exact) mass is 369 g/mol. The van der Waals surface area contributed by atoms with E-state index < -0.39 is 11.9 Å². The Labute approximate surface area is 158 Å². The van der Waals surface area contributed by atoms with Crippen LogP contribution in [-0.4, -0.2) is 28.2 Å². The molecule has 0 fully saturated rings. The van der Waals surface area contributed by atoms with Gasteiger partial charge in [0.05, 0.1) is 11.9 Å². The maximum absolute atomic E-state index is 12.1. The molecule has 0 aromatic carbocycles. The number of hydrazone groups is 1. The molecule has 0 radical (unpaired) electrons. The third-order valence-electron chi connectivity index (χ3n) is 3.33. The minimum Gasteiger partial charge on any atom is -0.505 e. The largest absolute Gasteiger partial charge is 0.505 e. The molecule has 1 amide bonds. The highest BCUT2D eigenvalue weighted by Crippen LogP contribution is 2.22. The van der Waals surface area contributed by atoms with Gasteiger partial charge in [0.25, 0.3) is 5.91 Å². The van der Waals surface area contributed by atoms with Crippen LogP contribution in [0.15, 0.2) is 59.9 Å². The van der Waals surface area contributed by atoms with Gasteiger partial charge in [-0.25, -0.2) is 10.2 Å². The molecule has 0 saturated carbocycles. The van der Waals surface area contributed by atoms with E-state index >= 15 is 0 Å². The van der Waals surface area contributed by atoms with Gasteiger partial charge in [0.2, 0.25) is 0 Å². The highest BCUT2D eigenvalue weighted by molar-refractivity contribution is 5.97. The zero-order valence-electron chi connectivity index (χ0n) is 15.7. The number of nitrogens with one attached hydrogen (secondary N) is 1. The Morgan fingerprint density at radius 1 is 1.44 bits per heavy atom. The van der Waals surface area contributed by atoms with Crippen LogP contribution in [0.2, 0.25) is 0 Å². The van der Waals surface area contributed by atoms with Crippen LogP contribution in [0.5, 0.6) is 5.75 Å². The molecule has 0 bridgehead atoms. The second-order valence-corrected chi connectivity index (χ2v) is 5.54. The van der Waals surface area contributed by atoms with Crippen LogP contribution in [0.25, 0.3) is 0 Å². The number of rotatable bonds is 8. The van der Waals surface area contributed by atoms with Gasteiger partial charge in [-0.2, -0.15) is 5.10 Å². The van der Waals surface area contributed by atoms with Crippen LogP contribution < -0.4 is 5.43 Å². The highest BCUT2D eigenvalue weighted by Gasteiger charge is 2.13. The second-order valence-electron chi connectivity index (χ2n) is 5.54. The van der Waals surface area contributed by atoms with Gasteiger partial charge in [-0.05, 0) is 26.8 Å². The third kappa shape index (κ3) is 6.39. The molecule has 0 unspecified atom stereocenters. The fourth-order valence-electron chi connectivity index (χ4n) is 1.91. The number of pyridine rings is 1. The van der Waals surface area contributed by atoms with Crippen molar-refractivity contribution < 1.29 is 19.4 Å². The third-order valence-corrected chi connectivity index (χ3v) is 3.33. The normalized spacial score (nSPS) is 11.6. The first-order chi connectivity index (χ1) is 12.8. The lowest BCUT2D eigenvalue weighted by atomic mass is 10.1. The van der Waals surface area contributed by atoms with E-state index in [9.17, 15) is 14.7 Å². The topological polar surface area (TPSA) is 101 Å². The molecular formula is C20H23N3O4. The number of ether oxygens (including phenoxy) is 1. The lowest BCUT2D eigenvalue weighted by Gasteiger charge is -2.10. The molecule has 142 valence electrons. The van der Waals surface area contributed by atoms with Gasteiger partial charge >= 0.3 is 5.97 Å². The molecule has 7 nitrogen and oxygen atoms in total. The maximum atomic E-state index is 12.1. The molecule has 1 aromatic heterocycles. The van der Waals surface area contributed by atoms with E-state index in [-0.39, 0.29) is 23.5 Å². The van der Waals surface area contributed by atoms with Gasteiger partial charge in [-0.15, -0.1) is 0 Å². The molecule has 0 aliphatic heterocycles. The predicted molar refractivity (Wildman–Crippen MR) is 104 cm³/mol. The van der Waals surface area contributed by atoms with Crippen molar-refractivity contribution in [1.82, 2.24) is 10.4 Å². The quantitative estimate of drug-likeness (QED) is 0.241. The number of aromatic nitrogens is 1. The summed E-state index contributed by atoms with van der Waals surface area (Å²) in [5.74, 6) is -1.12. The van der Waals surface area contributed by atoms with Crippen LogP contribution in [0, 0.1) is 6.92 Å². The number of amides is 1. The summed E-state index contributed by atoms with van der Waals surface area (Å²) >= 11 is 0. The van der Waals surface area contributed by atoms with E-state index in [0.717, 1.165) is 0 Å². The summed E-state index contributed by atoms with van der Waals surface area (Å²) in [5, 5.41) is 14.1. The maximum Gasteiger partial charge on any atom is 0.333 e. The van der Waals surface area contributed by atoms with E-state index in [4.69, 9.17) is 4.74 Å². The van der Waals surface area contributed by atoms with Crippen LogP contribution in [0.1, 0.15) is 30.7 Å². The smallest absolute Gasteiger partial charge is 0.333 e. The molecule has 0 aliphatic carbocycles. The lowest BCUT2D eigenvalue weighted by molar-refractivity contribution is -0.140. The average Bonchev–Trinajstić information content (AvgIpc) is 2.63. The molecule has 0 saturated heterocycles. The number of esters is 1. The van der Waals surface area contributed by atoms with Crippen molar-refractivity contribution in [2.24, 2.45) is 5.10 Å². The number of aryl methyl sites for hydroxylation is 1. The van der Waals surface area contributed by atoms with Crippen molar-refractivity contribution in [1.29, 1.82) is 0 Å². The summed E-state index contributed by atoms with van der Waals surface area (Å²) < 4.78 is 5.09. The minimum absolute atomic E-state index is 0.118. The van der Waals surface area contributed by atoms with Gasteiger partial charge in [0.1, 0.15) is 12.4 Å². The van der Waals surface area contributed by atoms with Crippen molar-refractivity contribution in [3.8, 4) is 5.75 Å². The van der Waals surface area contributed by atoms with E-state index in [1.807, 2.05) is 0 Å². The van der Waals surface area contributed by atoms with Crippen molar-refractivity contribution >= 4 is 18.1 Å². The molecule has 27 heavy (non-hydrogen) atoms. The summed E-state index contributed by atoms with van der Waals surface area (Å²) in [6.07, 6.45) is 9.10. The van der Waals surface area contributed by atoms with Crippen LogP contribution in [-0.2, 0) is 20.9 Å². The van der Waals surface area contributed by atoms with Gasteiger partial charge in [0, 0.05) is 28.5 Å². The Morgan fingerprint density at radius 2 is 2.15 bits per heavy atom. The molecule has 2 N–H and O–H groups in total. The minimum atomic E-state index is -0.559. The summed E-state index contributed by atoms with van der Waals surface area (Å²) in [7, 11) is 0. The first kappa shape index (κ1) is 21.6. The number of hydrogen-bond acceptors (Lipinski definition) is 6.